The SMILES string of the molecule is CN(c1ccccc1)S(=O)(=O)c1cccc(C#CCN)c1. The lowest BCUT2D eigenvalue weighted by atomic mass is 10.2. The zero-order chi connectivity index (χ0) is 15.3. The van der Waals surface area contributed by atoms with Crippen LogP contribution in [0.4, 0.5) is 5.69 Å². The van der Waals surface area contributed by atoms with Crippen molar-refractivity contribution in [1.82, 2.24) is 0 Å². The van der Waals surface area contributed by atoms with Gasteiger partial charge in [-0.3, -0.25) is 4.31 Å². The molecule has 0 amide bonds. The van der Waals surface area contributed by atoms with E-state index in [1.165, 1.54) is 11.4 Å². The number of hydrogen-bond acceptors (Lipinski definition) is 3. The molecule has 5 heteroatoms. The van der Waals surface area contributed by atoms with E-state index in [0.29, 0.717) is 11.3 Å². The minimum absolute atomic E-state index is 0.206. The Morgan fingerprint density at radius 2 is 1.81 bits per heavy atom. The van der Waals surface area contributed by atoms with Gasteiger partial charge < -0.3 is 5.73 Å². The van der Waals surface area contributed by atoms with Crippen molar-refractivity contribution in [1.29, 1.82) is 0 Å². The van der Waals surface area contributed by atoms with Gasteiger partial charge in [0.05, 0.1) is 17.1 Å². The molecule has 2 N–H and O–H groups in total. The third-order valence-corrected chi connectivity index (χ3v) is 4.73. The summed E-state index contributed by atoms with van der Waals surface area (Å²) in [5.74, 6) is 5.55. The molecular weight excluding hydrogens is 284 g/mol. The Balaban J connectivity index is 2.40. The summed E-state index contributed by atoms with van der Waals surface area (Å²) >= 11 is 0. The molecule has 2 rings (SSSR count). The number of nitrogens with zero attached hydrogens (tertiary/aromatic N) is 1. The van der Waals surface area contributed by atoms with Crippen molar-refractivity contribution in [3.05, 3.63) is 60.2 Å². The number of rotatable bonds is 3. The molecule has 0 saturated carbocycles. The maximum Gasteiger partial charge on any atom is 0.264 e. The van der Waals surface area contributed by atoms with Crippen LogP contribution in [0.1, 0.15) is 5.56 Å². The van der Waals surface area contributed by atoms with Crippen molar-refractivity contribution in [2.45, 2.75) is 4.90 Å². The Kier molecular flexibility index (Phi) is 4.63. The van der Waals surface area contributed by atoms with Gasteiger partial charge >= 0.3 is 0 Å². The lowest BCUT2D eigenvalue weighted by Crippen LogP contribution is -2.26. The van der Waals surface area contributed by atoms with Gasteiger partial charge in [0.25, 0.3) is 10.0 Å². The topological polar surface area (TPSA) is 63.4 Å². The molecule has 0 bridgehead atoms. The molecular formula is C16H16N2O2S. The van der Waals surface area contributed by atoms with Crippen LogP contribution in [-0.4, -0.2) is 22.0 Å². The van der Waals surface area contributed by atoms with Crippen LogP contribution >= 0.6 is 0 Å². The first-order valence-electron chi connectivity index (χ1n) is 6.38. The van der Waals surface area contributed by atoms with Crippen molar-refractivity contribution in [3.63, 3.8) is 0 Å². The van der Waals surface area contributed by atoms with Gasteiger partial charge in [-0.1, -0.05) is 36.1 Å². The van der Waals surface area contributed by atoms with Gasteiger partial charge in [-0.05, 0) is 30.3 Å². The van der Waals surface area contributed by atoms with Crippen LogP contribution in [0.15, 0.2) is 59.5 Å². The molecule has 21 heavy (non-hydrogen) atoms. The molecule has 0 aliphatic heterocycles. The van der Waals surface area contributed by atoms with Crippen molar-refractivity contribution in [2.75, 3.05) is 17.9 Å². The van der Waals surface area contributed by atoms with Crippen molar-refractivity contribution >= 4 is 15.7 Å². The molecule has 0 radical (unpaired) electrons. The fraction of sp³-hybridized carbons (Fsp3) is 0.125. The van der Waals surface area contributed by atoms with Gasteiger partial charge in [0.15, 0.2) is 0 Å². The van der Waals surface area contributed by atoms with Crippen molar-refractivity contribution in [2.24, 2.45) is 5.73 Å². The smallest absolute Gasteiger partial charge is 0.264 e. The highest BCUT2D eigenvalue weighted by atomic mass is 32.2. The van der Waals surface area contributed by atoms with E-state index in [2.05, 4.69) is 11.8 Å². The lowest BCUT2D eigenvalue weighted by Gasteiger charge is -2.19. The van der Waals surface area contributed by atoms with Crippen LogP contribution < -0.4 is 10.0 Å². The second-order valence-corrected chi connectivity index (χ2v) is 6.31. The van der Waals surface area contributed by atoms with E-state index in [4.69, 9.17) is 5.73 Å². The monoisotopic (exact) mass is 300 g/mol. The Morgan fingerprint density at radius 1 is 1.10 bits per heavy atom. The van der Waals surface area contributed by atoms with Gasteiger partial charge in [-0.15, -0.1) is 0 Å². The molecule has 0 saturated heterocycles. The van der Waals surface area contributed by atoms with E-state index >= 15 is 0 Å². The molecule has 0 unspecified atom stereocenters. The normalized spacial score (nSPS) is 10.6. The van der Waals surface area contributed by atoms with Gasteiger partial charge in [-0.2, -0.15) is 0 Å². The second-order valence-electron chi connectivity index (χ2n) is 4.34. The Hall–Kier alpha value is -2.29. The summed E-state index contributed by atoms with van der Waals surface area (Å²) in [4.78, 5) is 0.206. The van der Waals surface area contributed by atoms with Gasteiger partial charge in [0.1, 0.15) is 0 Å². The highest BCUT2D eigenvalue weighted by Crippen LogP contribution is 2.22. The first-order valence-corrected chi connectivity index (χ1v) is 7.82. The van der Waals surface area contributed by atoms with Crippen molar-refractivity contribution < 1.29 is 8.42 Å². The number of para-hydroxylation sites is 1. The number of benzene rings is 2. The summed E-state index contributed by atoms with van der Waals surface area (Å²) in [6.07, 6.45) is 0. The first-order chi connectivity index (χ1) is 10.1. The fourth-order valence-corrected chi connectivity index (χ4v) is 3.06. The highest BCUT2D eigenvalue weighted by molar-refractivity contribution is 7.92. The van der Waals surface area contributed by atoms with E-state index in [1.54, 1.807) is 48.5 Å². The fourth-order valence-electron chi connectivity index (χ4n) is 1.82. The van der Waals surface area contributed by atoms with E-state index in [1.807, 2.05) is 6.07 Å². The predicted octanol–water partition coefficient (Wildman–Crippen LogP) is 1.82. The van der Waals surface area contributed by atoms with Gasteiger partial charge in [-0.25, -0.2) is 8.42 Å². The summed E-state index contributed by atoms with van der Waals surface area (Å²) in [6.45, 7) is 0.237. The summed E-state index contributed by atoms with van der Waals surface area (Å²) < 4.78 is 26.5. The summed E-state index contributed by atoms with van der Waals surface area (Å²) in [6, 6.07) is 15.5. The third-order valence-electron chi connectivity index (χ3n) is 2.95. The maximum atomic E-state index is 12.6. The second kappa shape index (κ2) is 6.44. The molecule has 0 spiro atoms. The molecule has 0 heterocycles. The van der Waals surface area contributed by atoms with Gasteiger partial charge in [0.2, 0.25) is 0 Å². The number of hydrogen-bond donors (Lipinski definition) is 1. The maximum absolute atomic E-state index is 12.6. The minimum Gasteiger partial charge on any atom is -0.320 e. The molecule has 0 aliphatic rings. The van der Waals surface area contributed by atoms with Crippen LogP contribution in [0, 0.1) is 11.8 Å². The molecule has 108 valence electrons. The van der Waals surface area contributed by atoms with Crippen LogP contribution in [0.3, 0.4) is 0 Å². The largest absolute Gasteiger partial charge is 0.320 e. The van der Waals surface area contributed by atoms with E-state index < -0.39 is 10.0 Å². The standard InChI is InChI=1S/C16H16N2O2S/c1-18(15-9-3-2-4-10-15)21(19,20)16-11-5-7-14(13-16)8-6-12-17/h2-5,7,9-11,13H,12,17H2,1H3. The minimum atomic E-state index is -3.61. The van der Waals surface area contributed by atoms with Crippen LogP contribution in [0.25, 0.3) is 0 Å². The molecule has 0 fully saturated rings. The Morgan fingerprint density at radius 3 is 2.48 bits per heavy atom. The zero-order valence-corrected chi connectivity index (χ0v) is 12.5. The Bertz CT molecular complexity index is 775. The predicted molar refractivity (Wildman–Crippen MR) is 84.4 cm³/mol. The number of anilines is 1. The summed E-state index contributed by atoms with van der Waals surface area (Å²) in [5, 5.41) is 0. The average molecular weight is 300 g/mol. The quantitative estimate of drug-likeness (QED) is 0.880. The van der Waals surface area contributed by atoms with Crippen molar-refractivity contribution in [3.8, 4) is 11.8 Å². The summed E-state index contributed by atoms with van der Waals surface area (Å²) in [7, 11) is -2.07. The third kappa shape index (κ3) is 3.43. The van der Waals surface area contributed by atoms with E-state index in [0.717, 1.165) is 0 Å². The summed E-state index contributed by atoms with van der Waals surface area (Å²) in [5.41, 5.74) is 6.56. The number of sulfonamides is 1. The van der Waals surface area contributed by atoms with Crippen LogP contribution in [0.5, 0.6) is 0 Å². The lowest BCUT2D eigenvalue weighted by molar-refractivity contribution is 0.594. The van der Waals surface area contributed by atoms with Crippen LogP contribution in [0.2, 0.25) is 0 Å². The highest BCUT2D eigenvalue weighted by Gasteiger charge is 2.21. The van der Waals surface area contributed by atoms with E-state index in [9.17, 15) is 8.42 Å². The van der Waals surface area contributed by atoms with Crippen LogP contribution in [-0.2, 0) is 10.0 Å². The Labute approximate surface area is 125 Å². The number of nitrogens with two attached hydrogens (primary N) is 1. The molecule has 2 aromatic carbocycles. The van der Waals surface area contributed by atoms with Gasteiger partial charge in [0, 0.05) is 12.6 Å². The molecule has 0 atom stereocenters. The molecule has 0 aliphatic carbocycles. The average Bonchev–Trinajstić information content (AvgIpc) is 2.53. The molecule has 2 aromatic rings. The zero-order valence-electron chi connectivity index (χ0n) is 11.7. The van der Waals surface area contributed by atoms with E-state index in [-0.39, 0.29) is 11.4 Å². The molecule has 0 aromatic heterocycles. The molecule has 4 nitrogen and oxygen atoms in total. The first kappa shape index (κ1) is 15.1.